The molecule has 1 spiro atoms. The van der Waals surface area contributed by atoms with Crippen LogP contribution >= 0.6 is 0 Å². The first-order chi connectivity index (χ1) is 12.8. The van der Waals surface area contributed by atoms with Crippen LogP contribution in [0.5, 0.6) is 0 Å². The Morgan fingerprint density at radius 2 is 1.96 bits per heavy atom. The Kier molecular flexibility index (Phi) is 5.53. The zero-order valence-electron chi connectivity index (χ0n) is 16.4. The molecule has 1 aliphatic heterocycles. The van der Waals surface area contributed by atoms with Gasteiger partial charge in [0.1, 0.15) is 5.54 Å². The highest BCUT2D eigenvalue weighted by molar-refractivity contribution is 6.07. The van der Waals surface area contributed by atoms with E-state index in [0.717, 1.165) is 42.4 Å². The van der Waals surface area contributed by atoms with Crippen LogP contribution in [0.2, 0.25) is 0 Å². The molecule has 27 heavy (non-hydrogen) atoms. The lowest BCUT2D eigenvalue weighted by atomic mass is 9.98. The molecule has 1 heterocycles. The summed E-state index contributed by atoms with van der Waals surface area (Å²) in [5.41, 5.74) is 2.75. The van der Waals surface area contributed by atoms with Gasteiger partial charge in [0, 0.05) is 13.0 Å². The molecule has 2 aliphatic rings. The summed E-state index contributed by atoms with van der Waals surface area (Å²) in [6.07, 6.45) is 4.15. The maximum Gasteiger partial charge on any atom is 0.325 e. The quantitative estimate of drug-likeness (QED) is 0.754. The standard InChI is InChI=1S/C21H29N3O3/c1-14-8-9-15(2)17(13-14)16(3)22-18(25)7-6-12-24-19(26)21(23-20(24)27)10-4-5-11-21/h8-9,13,16H,4-7,10-12H2,1-3H3,(H,22,25)(H,23,27)/t16-/m1/s1. The highest BCUT2D eigenvalue weighted by atomic mass is 16.2. The third kappa shape index (κ3) is 3.99. The van der Waals surface area contributed by atoms with Gasteiger partial charge < -0.3 is 10.6 Å². The van der Waals surface area contributed by atoms with Crippen LogP contribution in [0.25, 0.3) is 0 Å². The predicted molar refractivity (Wildman–Crippen MR) is 103 cm³/mol. The van der Waals surface area contributed by atoms with Crippen LogP contribution in [0.4, 0.5) is 4.79 Å². The van der Waals surface area contributed by atoms with Gasteiger partial charge >= 0.3 is 6.03 Å². The second-order valence-electron chi connectivity index (χ2n) is 7.93. The van der Waals surface area contributed by atoms with Gasteiger partial charge in [0.15, 0.2) is 0 Å². The molecule has 0 aromatic heterocycles. The Morgan fingerprint density at radius 1 is 1.26 bits per heavy atom. The number of hydrogen-bond donors (Lipinski definition) is 2. The van der Waals surface area contributed by atoms with Gasteiger partial charge in [-0.2, -0.15) is 0 Å². The predicted octanol–water partition coefficient (Wildman–Crippen LogP) is 3.13. The Labute approximate surface area is 160 Å². The van der Waals surface area contributed by atoms with Crippen molar-refractivity contribution in [2.24, 2.45) is 0 Å². The summed E-state index contributed by atoms with van der Waals surface area (Å²) in [6.45, 7) is 6.33. The van der Waals surface area contributed by atoms with Gasteiger partial charge in [-0.1, -0.05) is 36.6 Å². The minimum absolute atomic E-state index is 0.0639. The largest absolute Gasteiger partial charge is 0.350 e. The molecule has 0 radical (unpaired) electrons. The first-order valence-corrected chi connectivity index (χ1v) is 9.83. The van der Waals surface area contributed by atoms with Gasteiger partial charge in [0.2, 0.25) is 5.91 Å². The molecule has 1 atom stereocenters. The number of amides is 4. The molecule has 4 amide bonds. The van der Waals surface area contributed by atoms with E-state index in [-0.39, 0.29) is 30.4 Å². The number of imide groups is 1. The van der Waals surface area contributed by atoms with Crippen LogP contribution < -0.4 is 10.6 Å². The molecule has 0 bridgehead atoms. The normalized spacial score (nSPS) is 19.4. The summed E-state index contributed by atoms with van der Waals surface area (Å²) in [6, 6.07) is 5.82. The topological polar surface area (TPSA) is 78.5 Å². The van der Waals surface area contributed by atoms with Crippen LogP contribution in [0.15, 0.2) is 18.2 Å². The minimum atomic E-state index is -0.670. The number of nitrogens with zero attached hydrogens (tertiary/aromatic N) is 1. The summed E-state index contributed by atoms with van der Waals surface area (Å²) in [4.78, 5) is 38.3. The molecule has 1 saturated carbocycles. The van der Waals surface area contributed by atoms with Crippen molar-refractivity contribution in [3.05, 3.63) is 34.9 Å². The van der Waals surface area contributed by atoms with Gasteiger partial charge in [-0.15, -0.1) is 0 Å². The first kappa shape index (κ1) is 19.4. The Balaban J connectivity index is 1.49. The zero-order valence-corrected chi connectivity index (χ0v) is 16.4. The van der Waals surface area contributed by atoms with E-state index < -0.39 is 5.54 Å². The van der Waals surface area contributed by atoms with E-state index in [1.807, 2.05) is 20.8 Å². The van der Waals surface area contributed by atoms with E-state index in [9.17, 15) is 14.4 Å². The zero-order chi connectivity index (χ0) is 19.6. The van der Waals surface area contributed by atoms with E-state index in [2.05, 4.69) is 28.8 Å². The molecule has 6 nitrogen and oxygen atoms in total. The fourth-order valence-corrected chi connectivity index (χ4v) is 4.21. The molecule has 0 unspecified atom stereocenters. The van der Waals surface area contributed by atoms with E-state index in [1.54, 1.807) is 0 Å². The SMILES string of the molecule is Cc1ccc(C)c([C@@H](C)NC(=O)CCCN2C(=O)NC3(CCCC3)C2=O)c1. The average Bonchev–Trinajstić information content (AvgIpc) is 3.17. The first-order valence-electron chi connectivity index (χ1n) is 9.83. The number of hydrogen-bond acceptors (Lipinski definition) is 3. The fourth-order valence-electron chi connectivity index (χ4n) is 4.21. The van der Waals surface area contributed by atoms with Crippen molar-refractivity contribution in [2.45, 2.75) is 70.9 Å². The molecular formula is C21H29N3O3. The minimum Gasteiger partial charge on any atom is -0.350 e. The summed E-state index contributed by atoms with van der Waals surface area (Å²) < 4.78 is 0. The van der Waals surface area contributed by atoms with E-state index in [4.69, 9.17) is 0 Å². The summed E-state index contributed by atoms with van der Waals surface area (Å²) in [7, 11) is 0. The van der Waals surface area contributed by atoms with Crippen LogP contribution in [0, 0.1) is 13.8 Å². The highest BCUT2D eigenvalue weighted by Crippen LogP contribution is 2.35. The molecule has 6 heteroatoms. The molecule has 1 aliphatic carbocycles. The third-order valence-electron chi connectivity index (χ3n) is 5.77. The Morgan fingerprint density at radius 3 is 2.67 bits per heavy atom. The Hall–Kier alpha value is -2.37. The van der Waals surface area contributed by atoms with Crippen LogP contribution in [-0.2, 0) is 9.59 Å². The molecular weight excluding hydrogens is 342 g/mol. The molecule has 146 valence electrons. The lowest BCUT2D eigenvalue weighted by molar-refractivity contribution is -0.131. The van der Waals surface area contributed by atoms with Crippen molar-refractivity contribution in [1.29, 1.82) is 0 Å². The van der Waals surface area contributed by atoms with Gasteiger partial charge in [-0.3, -0.25) is 14.5 Å². The third-order valence-corrected chi connectivity index (χ3v) is 5.77. The number of carbonyl (C=O) groups excluding carboxylic acids is 3. The summed E-state index contributed by atoms with van der Waals surface area (Å²) >= 11 is 0. The van der Waals surface area contributed by atoms with Crippen molar-refractivity contribution in [2.75, 3.05) is 6.54 Å². The van der Waals surface area contributed by atoms with Gasteiger partial charge in [0.25, 0.3) is 5.91 Å². The maximum absolute atomic E-state index is 12.6. The van der Waals surface area contributed by atoms with Crippen molar-refractivity contribution in [3.8, 4) is 0 Å². The fraction of sp³-hybridized carbons (Fsp3) is 0.571. The number of nitrogens with one attached hydrogen (secondary N) is 2. The average molecular weight is 371 g/mol. The summed E-state index contributed by atoms with van der Waals surface area (Å²) in [5.74, 6) is -0.180. The number of rotatable bonds is 6. The van der Waals surface area contributed by atoms with Crippen LogP contribution in [-0.4, -0.2) is 34.8 Å². The lowest BCUT2D eigenvalue weighted by Gasteiger charge is -2.20. The van der Waals surface area contributed by atoms with E-state index >= 15 is 0 Å². The molecule has 2 fully saturated rings. The maximum atomic E-state index is 12.6. The van der Waals surface area contributed by atoms with Crippen LogP contribution in [0.1, 0.15) is 68.2 Å². The second kappa shape index (κ2) is 7.71. The number of urea groups is 1. The smallest absolute Gasteiger partial charge is 0.325 e. The Bertz CT molecular complexity index is 753. The number of carbonyl (C=O) groups is 3. The molecule has 1 aromatic carbocycles. The molecule has 2 N–H and O–H groups in total. The van der Waals surface area contributed by atoms with Gasteiger partial charge in [-0.05, 0) is 51.2 Å². The second-order valence-corrected chi connectivity index (χ2v) is 7.93. The summed E-state index contributed by atoms with van der Waals surface area (Å²) in [5, 5.41) is 5.89. The molecule has 3 rings (SSSR count). The van der Waals surface area contributed by atoms with E-state index in [0.29, 0.717) is 12.8 Å². The van der Waals surface area contributed by atoms with Gasteiger partial charge in [0.05, 0.1) is 6.04 Å². The number of benzene rings is 1. The lowest BCUT2D eigenvalue weighted by Crippen LogP contribution is -2.44. The van der Waals surface area contributed by atoms with Crippen LogP contribution in [0.3, 0.4) is 0 Å². The van der Waals surface area contributed by atoms with Crippen molar-refractivity contribution in [1.82, 2.24) is 15.5 Å². The highest BCUT2D eigenvalue weighted by Gasteiger charge is 2.52. The molecule has 1 aromatic rings. The van der Waals surface area contributed by atoms with Crippen molar-refractivity contribution >= 4 is 17.8 Å². The molecule has 1 saturated heterocycles. The van der Waals surface area contributed by atoms with Crippen molar-refractivity contribution in [3.63, 3.8) is 0 Å². The van der Waals surface area contributed by atoms with Gasteiger partial charge in [-0.25, -0.2) is 4.79 Å². The monoisotopic (exact) mass is 371 g/mol. The van der Waals surface area contributed by atoms with E-state index in [1.165, 1.54) is 4.90 Å². The van der Waals surface area contributed by atoms with Crippen molar-refractivity contribution < 1.29 is 14.4 Å². The number of aryl methyl sites for hydroxylation is 2.